The van der Waals surface area contributed by atoms with Crippen molar-refractivity contribution in [3.8, 4) is 11.1 Å². The summed E-state index contributed by atoms with van der Waals surface area (Å²) in [5, 5.41) is 3.53. The first-order valence-electron chi connectivity index (χ1n) is 15.1. The zero-order chi connectivity index (χ0) is 29.6. The van der Waals surface area contributed by atoms with Crippen molar-refractivity contribution >= 4 is 21.8 Å². The van der Waals surface area contributed by atoms with E-state index in [-0.39, 0.29) is 29.2 Å². The second-order valence-corrected chi connectivity index (χ2v) is 14.3. The largest absolute Gasteiger partial charge is 0.335 e. The Morgan fingerprint density at radius 2 is 1.58 bits per heavy atom. The Bertz CT molecular complexity index is 1800. The van der Waals surface area contributed by atoms with Crippen LogP contribution in [-0.2, 0) is 20.0 Å². The smallest absolute Gasteiger partial charge is 0.228 e. The Hall–Kier alpha value is -4.00. The van der Waals surface area contributed by atoms with E-state index in [1.54, 1.807) is 12.1 Å². The van der Waals surface area contributed by atoms with Crippen molar-refractivity contribution in [2.24, 2.45) is 5.92 Å². The van der Waals surface area contributed by atoms with E-state index < -0.39 is 9.84 Å². The summed E-state index contributed by atoms with van der Waals surface area (Å²) in [5.74, 6) is 0.0250. The van der Waals surface area contributed by atoms with Crippen molar-refractivity contribution in [1.29, 1.82) is 0 Å². The second-order valence-electron chi connectivity index (χ2n) is 12.2. The van der Waals surface area contributed by atoms with Crippen LogP contribution in [0.15, 0.2) is 114 Å². The lowest BCUT2D eigenvalue weighted by atomic mass is 9.70. The van der Waals surface area contributed by atoms with Crippen molar-refractivity contribution in [3.63, 3.8) is 0 Å². The molecule has 2 heterocycles. The fraction of sp³-hybridized carbons (Fsp3) is 0.270. The molecule has 2 saturated heterocycles. The highest BCUT2D eigenvalue weighted by Gasteiger charge is 2.47. The topological polar surface area (TPSA) is 66.5 Å². The summed E-state index contributed by atoms with van der Waals surface area (Å²) in [6, 6.07) is 34.5. The Balaban J connectivity index is 1.21. The molecule has 4 aromatic carbocycles. The fourth-order valence-electron chi connectivity index (χ4n) is 7.54. The minimum Gasteiger partial charge on any atom is -0.335 e. The van der Waals surface area contributed by atoms with Gasteiger partial charge in [0, 0.05) is 37.2 Å². The van der Waals surface area contributed by atoms with Crippen LogP contribution in [0.1, 0.15) is 47.1 Å². The molecule has 0 saturated carbocycles. The number of carbonyl (C=O) groups is 1. The van der Waals surface area contributed by atoms with Crippen LogP contribution in [0.25, 0.3) is 17.2 Å². The number of sulfone groups is 1. The van der Waals surface area contributed by atoms with Gasteiger partial charge in [0.25, 0.3) is 0 Å². The lowest BCUT2D eigenvalue weighted by molar-refractivity contribution is -0.140. The first-order valence-corrected chi connectivity index (χ1v) is 17.0. The molecule has 43 heavy (non-hydrogen) atoms. The van der Waals surface area contributed by atoms with Crippen LogP contribution in [0.3, 0.4) is 0 Å². The van der Waals surface area contributed by atoms with Crippen LogP contribution in [0, 0.1) is 5.92 Å². The predicted octanol–water partition coefficient (Wildman–Crippen LogP) is 6.39. The van der Waals surface area contributed by atoms with E-state index in [0.717, 1.165) is 36.1 Å². The normalized spacial score (nSPS) is 24.8. The van der Waals surface area contributed by atoms with Gasteiger partial charge in [0.05, 0.1) is 16.9 Å². The van der Waals surface area contributed by atoms with Gasteiger partial charge in [-0.05, 0) is 58.4 Å². The van der Waals surface area contributed by atoms with Crippen LogP contribution in [0.2, 0.25) is 0 Å². The molecule has 0 radical (unpaired) electrons. The van der Waals surface area contributed by atoms with Gasteiger partial charge in [0.15, 0.2) is 9.84 Å². The van der Waals surface area contributed by atoms with Gasteiger partial charge in [-0.1, -0.05) is 103 Å². The van der Waals surface area contributed by atoms with Crippen molar-refractivity contribution in [2.45, 2.75) is 35.1 Å². The van der Waals surface area contributed by atoms with Crippen LogP contribution < -0.4 is 5.32 Å². The number of carbonyl (C=O) groups excluding carboxylic acids is 1. The maximum atomic E-state index is 14.6. The predicted molar refractivity (Wildman–Crippen MR) is 171 cm³/mol. The van der Waals surface area contributed by atoms with Crippen molar-refractivity contribution < 1.29 is 13.2 Å². The molecule has 1 spiro atoms. The molecule has 4 aromatic rings. The number of allylic oxidation sites excluding steroid dienone is 1. The number of fused-ring (bicyclic) bond motifs is 2. The summed E-state index contributed by atoms with van der Waals surface area (Å²) in [7, 11) is -3.28. The number of likely N-dealkylation sites (tertiary alicyclic amines) is 1. The van der Waals surface area contributed by atoms with E-state index in [0.29, 0.717) is 18.0 Å². The molecule has 0 aromatic heterocycles. The lowest BCUT2D eigenvalue weighted by Crippen LogP contribution is -2.49. The molecular weight excluding hydrogens is 552 g/mol. The van der Waals surface area contributed by atoms with E-state index in [1.807, 2.05) is 30.3 Å². The Kier molecular flexibility index (Phi) is 7.07. The number of amides is 1. The molecule has 1 N–H and O–H groups in total. The number of hydrogen-bond acceptors (Lipinski definition) is 4. The van der Waals surface area contributed by atoms with Gasteiger partial charge in [-0.2, -0.15) is 0 Å². The molecule has 2 aliphatic heterocycles. The van der Waals surface area contributed by atoms with Gasteiger partial charge in [0.2, 0.25) is 5.91 Å². The van der Waals surface area contributed by atoms with Crippen LogP contribution in [0.4, 0.5) is 0 Å². The van der Waals surface area contributed by atoms with Crippen LogP contribution in [-0.4, -0.2) is 45.1 Å². The zero-order valence-electron chi connectivity index (χ0n) is 24.3. The van der Waals surface area contributed by atoms with Crippen LogP contribution in [0.5, 0.6) is 0 Å². The second kappa shape index (κ2) is 10.9. The van der Waals surface area contributed by atoms with Gasteiger partial charge in [0.1, 0.15) is 0 Å². The minimum atomic E-state index is -3.28. The van der Waals surface area contributed by atoms with Gasteiger partial charge in [-0.25, -0.2) is 8.42 Å². The fourth-order valence-corrected chi connectivity index (χ4v) is 8.17. The van der Waals surface area contributed by atoms with Crippen molar-refractivity contribution in [1.82, 2.24) is 10.2 Å². The third-order valence-electron chi connectivity index (χ3n) is 9.76. The quantitative estimate of drug-likeness (QED) is 0.294. The number of hydrogen-bond donors (Lipinski definition) is 1. The summed E-state index contributed by atoms with van der Waals surface area (Å²) in [6.07, 6.45) is 7.63. The first-order chi connectivity index (χ1) is 20.8. The standard InChI is InChI=1S/C37H36N2O3S/c1-43(41,42)29-17-15-26(16-18-29)30-12-6-7-13-31(30)32-24-38-25-33(32)36(40)39-22-21-37(20-19-27-9-5-8-14-34(27)37)23-35(39)28-10-3-2-4-11-28/h2-20,32-33,35,38H,21-25H2,1H3/t32-,33+,35?,37?/m0/s1. The Labute approximate surface area is 254 Å². The molecule has 3 aliphatic rings. The summed E-state index contributed by atoms with van der Waals surface area (Å²) in [5.41, 5.74) is 6.90. The third kappa shape index (κ3) is 5.02. The van der Waals surface area contributed by atoms with E-state index in [1.165, 1.54) is 22.9 Å². The average molecular weight is 589 g/mol. The number of piperidine rings is 1. The van der Waals surface area contributed by atoms with Gasteiger partial charge >= 0.3 is 0 Å². The number of benzene rings is 4. The molecule has 6 heteroatoms. The van der Waals surface area contributed by atoms with Gasteiger partial charge in [-0.3, -0.25) is 4.79 Å². The molecular formula is C37H36N2O3S. The highest BCUT2D eigenvalue weighted by molar-refractivity contribution is 7.90. The van der Waals surface area contributed by atoms with E-state index >= 15 is 0 Å². The van der Waals surface area contributed by atoms with E-state index in [4.69, 9.17) is 0 Å². The summed E-state index contributed by atoms with van der Waals surface area (Å²) in [4.78, 5) is 17.1. The molecule has 7 rings (SSSR count). The molecule has 5 nitrogen and oxygen atoms in total. The van der Waals surface area contributed by atoms with E-state index in [2.05, 4.69) is 83.0 Å². The zero-order valence-corrected chi connectivity index (χ0v) is 25.1. The summed E-state index contributed by atoms with van der Waals surface area (Å²) in [6.45, 7) is 2.06. The Morgan fingerprint density at radius 1 is 0.860 bits per heavy atom. The van der Waals surface area contributed by atoms with Crippen molar-refractivity contribution in [2.75, 3.05) is 25.9 Å². The molecule has 4 atom stereocenters. The van der Waals surface area contributed by atoms with Crippen LogP contribution >= 0.6 is 0 Å². The molecule has 2 unspecified atom stereocenters. The SMILES string of the molecule is CS(=O)(=O)c1ccc(-c2ccccc2[C@@H]2CNC[C@H]2C(=O)N2CCC3(C=Cc4ccccc43)CC2c2ccccc2)cc1. The monoisotopic (exact) mass is 588 g/mol. The van der Waals surface area contributed by atoms with Crippen molar-refractivity contribution in [3.05, 3.63) is 131 Å². The summed E-state index contributed by atoms with van der Waals surface area (Å²) < 4.78 is 24.1. The highest BCUT2D eigenvalue weighted by Crippen LogP contribution is 2.50. The number of rotatable bonds is 5. The van der Waals surface area contributed by atoms with E-state index in [9.17, 15) is 13.2 Å². The molecule has 218 valence electrons. The number of nitrogens with zero attached hydrogens (tertiary/aromatic N) is 1. The molecule has 2 fully saturated rings. The average Bonchev–Trinajstić information content (AvgIpc) is 3.67. The van der Waals surface area contributed by atoms with Gasteiger partial charge in [-0.15, -0.1) is 0 Å². The Morgan fingerprint density at radius 3 is 2.37 bits per heavy atom. The first kappa shape index (κ1) is 27.8. The third-order valence-corrected chi connectivity index (χ3v) is 10.9. The maximum absolute atomic E-state index is 14.6. The molecule has 1 aliphatic carbocycles. The van der Waals surface area contributed by atoms with Gasteiger partial charge < -0.3 is 10.2 Å². The lowest BCUT2D eigenvalue weighted by Gasteiger charge is -2.46. The maximum Gasteiger partial charge on any atom is 0.228 e. The molecule has 0 bridgehead atoms. The number of nitrogens with one attached hydrogen (secondary N) is 1. The minimum absolute atomic E-state index is 0.0118. The highest BCUT2D eigenvalue weighted by atomic mass is 32.2. The summed E-state index contributed by atoms with van der Waals surface area (Å²) >= 11 is 0. The molecule has 1 amide bonds.